The highest BCUT2D eigenvalue weighted by molar-refractivity contribution is 6.20. The lowest BCUT2D eigenvalue weighted by atomic mass is 9.91. The van der Waals surface area contributed by atoms with Crippen LogP contribution in [-0.2, 0) is 25.7 Å². The van der Waals surface area contributed by atoms with Gasteiger partial charge in [-0.1, -0.05) is 6.07 Å². The van der Waals surface area contributed by atoms with Crippen LogP contribution in [0.25, 0.3) is 0 Å². The third-order valence-electron chi connectivity index (χ3n) is 6.04. The fourth-order valence-electron chi connectivity index (χ4n) is 4.32. The number of nitrogens with zero attached hydrogens (tertiary/aromatic N) is 2. The first-order valence-corrected chi connectivity index (χ1v) is 10.4. The average molecular weight is 463 g/mol. The monoisotopic (exact) mass is 463 g/mol. The summed E-state index contributed by atoms with van der Waals surface area (Å²) in [5.74, 6) is -4.20. The number of nitrogens with one attached hydrogen (secondary N) is 1. The molecule has 0 saturated carbocycles. The zero-order chi connectivity index (χ0) is 23.8. The molecule has 0 aromatic heterocycles. The van der Waals surface area contributed by atoms with Crippen molar-refractivity contribution in [1.29, 1.82) is 0 Å². The number of aliphatic hydroxyl groups is 2. The number of ketones is 1. The van der Waals surface area contributed by atoms with Gasteiger partial charge in [0.05, 0.1) is 30.7 Å². The first-order valence-electron chi connectivity index (χ1n) is 10.4. The van der Waals surface area contributed by atoms with Gasteiger partial charge in [-0.25, -0.2) is 8.78 Å². The maximum atomic E-state index is 13.9. The molecule has 4 rings (SSSR count). The molecule has 0 bridgehead atoms. The first kappa shape index (κ1) is 22.9. The van der Waals surface area contributed by atoms with Crippen LogP contribution in [0, 0.1) is 11.6 Å². The van der Waals surface area contributed by atoms with E-state index >= 15 is 0 Å². The zero-order valence-corrected chi connectivity index (χ0v) is 17.6. The molecule has 2 fully saturated rings. The summed E-state index contributed by atoms with van der Waals surface area (Å²) < 4.78 is 32.6. The maximum absolute atomic E-state index is 13.9. The molecule has 3 aliphatic heterocycles. The second-order valence-corrected chi connectivity index (χ2v) is 8.20. The predicted molar refractivity (Wildman–Crippen MR) is 109 cm³/mol. The number of Topliss-reactive ketones (excluding diaryl/α,β-unsaturated/α-hetero) is 1. The molecule has 1 aromatic rings. The number of fused-ring (bicyclic) bond motifs is 2. The van der Waals surface area contributed by atoms with Gasteiger partial charge in [-0.3, -0.25) is 14.4 Å². The molecule has 33 heavy (non-hydrogen) atoms. The van der Waals surface area contributed by atoms with Crippen LogP contribution >= 0.6 is 0 Å². The first-order chi connectivity index (χ1) is 15.8. The number of hydrogen-bond acceptors (Lipinski definition) is 7. The number of carbonyl (C=O) groups is 3. The summed E-state index contributed by atoms with van der Waals surface area (Å²) in [6.07, 6.45) is 1.12. The third-order valence-corrected chi connectivity index (χ3v) is 6.04. The van der Waals surface area contributed by atoms with Crippen molar-refractivity contribution in [2.24, 2.45) is 0 Å². The minimum atomic E-state index is -0.842. The molecule has 9 nitrogen and oxygen atoms in total. The van der Waals surface area contributed by atoms with Crippen LogP contribution in [0.5, 0.6) is 0 Å². The van der Waals surface area contributed by atoms with E-state index in [-0.39, 0.29) is 49.7 Å². The molecule has 0 aliphatic carbocycles. The van der Waals surface area contributed by atoms with Gasteiger partial charge >= 0.3 is 0 Å². The Hall–Kier alpha value is -3.31. The summed E-state index contributed by atoms with van der Waals surface area (Å²) >= 11 is 0. The van der Waals surface area contributed by atoms with Crippen LogP contribution in [0.2, 0.25) is 0 Å². The molecule has 176 valence electrons. The summed E-state index contributed by atoms with van der Waals surface area (Å²) in [6, 6.07) is 2.92. The molecule has 3 N–H and O–H groups in total. The van der Waals surface area contributed by atoms with E-state index in [1.807, 2.05) is 0 Å². The van der Waals surface area contributed by atoms with Crippen molar-refractivity contribution in [1.82, 2.24) is 15.1 Å². The number of ether oxygens (including phenoxy) is 1. The number of piperazine rings is 1. The highest BCUT2D eigenvalue weighted by Gasteiger charge is 2.51. The molecule has 3 aliphatic rings. The Kier molecular flexibility index (Phi) is 6.17. The topological polar surface area (TPSA) is 119 Å². The summed E-state index contributed by atoms with van der Waals surface area (Å²) in [7, 11) is 0. The number of halogens is 2. The van der Waals surface area contributed by atoms with Gasteiger partial charge in [0.2, 0.25) is 0 Å². The summed E-state index contributed by atoms with van der Waals surface area (Å²) in [6.45, 7) is 0.194. The largest absolute Gasteiger partial charge is 0.509 e. The van der Waals surface area contributed by atoms with Crippen molar-refractivity contribution in [3.63, 3.8) is 0 Å². The minimum absolute atomic E-state index is 0.0292. The average Bonchev–Trinajstić information content (AvgIpc) is 3.17. The summed E-state index contributed by atoms with van der Waals surface area (Å²) in [5.41, 5.74) is -1.25. The molecule has 11 heteroatoms. The van der Waals surface area contributed by atoms with E-state index in [1.54, 1.807) is 0 Å². The van der Waals surface area contributed by atoms with E-state index < -0.39 is 47.0 Å². The number of amides is 2. The highest BCUT2D eigenvalue weighted by atomic mass is 19.1. The third kappa shape index (κ3) is 4.21. The molecule has 1 spiro atoms. The molecule has 1 atom stereocenters. The fourth-order valence-corrected chi connectivity index (χ4v) is 4.32. The SMILES string of the molecule is O=C1CC(O)=C2C(=O)N(CCO)CC3(CCOC3)N2C=C1C(=O)NCc1ccc(F)cc1F. The van der Waals surface area contributed by atoms with Crippen molar-refractivity contribution in [2.75, 3.05) is 32.9 Å². The number of β-amino-alcohol motifs (C(OH)–C–C–N with tert-alkyl or cyclic N) is 1. The quantitative estimate of drug-likeness (QED) is 0.544. The number of benzene rings is 1. The Morgan fingerprint density at radius 1 is 1.27 bits per heavy atom. The van der Waals surface area contributed by atoms with E-state index in [2.05, 4.69) is 5.32 Å². The standard InChI is InChI=1S/C22H23F2N3O6/c23-14-2-1-13(16(24)7-14)9-25-20(31)15-10-27-19(18(30)8-17(15)29)21(32)26(4-5-28)11-22(27)3-6-33-12-22/h1-2,7,10,28,30H,3-6,8-9,11-12H2,(H,25,31). The van der Waals surface area contributed by atoms with E-state index in [0.29, 0.717) is 19.1 Å². The Balaban J connectivity index is 1.65. The van der Waals surface area contributed by atoms with E-state index in [0.717, 1.165) is 6.07 Å². The number of hydrogen-bond donors (Lipinski definition) is 3. The van der Waals surface area contributed by atoms with E-state index in [4.69, 9.17) is 4.74 Å². The highest BCUT2D eigenvalue weighted by Crippen LogP contribution is 2.39. The molecule has 1 aromatic carbocycles. The van der Waals surface area contributed by atoms with Crippen LogP contribution in [0.1, 0.15) is 18.4 Å². The predicted octanol–water partition coefficient (Wildman–Crippen LogP) is 0.503. The van der Waals surface area contributed by atoms with Gasteiger partial charge in [0.1, 0.15) is 23.1 Å². The van der Waals surface area contributed by atoms with Gasteiger partial charge in [0, 0.05) is 44.1 Å². The number of carbonyl (C=O) groups excluding carboxylic acids is 3. The molecule has 2 amide bonds. The Morgan fingerprint density at radius 3 is 2.73 bits per heavy atom. The lowest BCUT2D eigenvalue weighted by Gasteiger charge is -2.48. The van der Waals surface area contributed by atoms with Crippen LogP contribution in [0.3, 0.4) is 0 Å². The van der Waals surface area contributed by atoms with Crippen LogP contribution < -0.4 is 5.32 Å². The molecule has 1 unspecified atom stereocenters. The van der Waals surface area contributed by atoms with Gasteiger partial charge in [-0.2, -0.15) is 0 Å². The van der Waals surface area contributed by atoms with Gasteiger partial charge < -0.3 is 30.1 Å². The lowest BCUT2D eigenvalue weighted by Crippen LogP contribution is -2.62. The molecule has 3 heterocycles. The minimum Gasteiger partial charge on any atom is -0.509 e. The van der Waals surface area contributed by atoms with Gasteiger partial charge in [-0.05, 0) is 12.5 Å². The van der Waals surface area contributed by atoms with Gasteiger partial charge in [0.25, 0.3) is 11.8 Å². The molecule has 0 radical (unpaired) electrons. The fraction of sp³-hybridized carbons (Fsp3) is 0.409. The van der Waals surface area contributed by atoms with Crippen LogP contribution in [0.4, 0.5) is 8.78 Å². The van der Waals surface area contributed by atoms with Gasteiger partial charge in [0.15, 0.2) is 5.78 Å². The summed E-state index contributed by atoms with van der Waals surface area (Å²) in [5, 5.41) is 22.4. The molecule has 2 saturated heterocycles. The molecular weight excluding hydrogens is 440 g/mol. The summed E-state index contributed by atoms with van der Waals surface area (Å²) in [4.78, 5) is 41.5. The zero-order valence-electron chi connectivity index (χ0n) is 17.6. The molecular formula is C22H23F2N3O6. The second kappa shape index (κ2) is 8.91. The van der Waals surface area contributed by atoms with Crippen molar-refractivity contribution in [3.05, 3.63) is 58.6 Å². The van der Waals surface area contributed by atoms with Crippen LogP contribution in [-0.4, -0.2) is 76.1 Å². The van der Waals surface area contributed by atoms with Gasteiger partial charge in [-0.15, -0.1) is 0 Å². The second-order valence-electron chi connectivity index (χ2n) is 8.20. The van der Waals surface area contributed by atoms with Crippen molar-refractivity contribution in [3.8, 4) is 0 Å². The van der Waals surface area contributed by atoms with Crippen molar-refractivity contribution >= 4 is 17.6 Å². The smallest absolute Gasteiger partial charge is 0.274 e. The van der Waals surface area contributed by atoms with E-state index in [1.165, 1.54) is 22.1 Å². The number of rotatable bonds is 5. The Bertz CT molecular complexity index is 1060. The lowest BCUT2D eigenvalue weighted by molar-refractivity contribution is -0.136. The Morgan fingerprint density at radius 2 is 2.06 bits per heavy atom. The Labute approximate surface area is 187 Å². The number of aliphatic hydroxyl groups excluding tert-OH is 2. The van der Waals surface area contributed by atoms with E-state index in [9.17, 15) is 33.4 Å². The normalized spacial score (nSPS) is 23.1. The van der Waals surface area contributed by atoms with Crippen LogP contribution in [0.15, 0.2) is 41.4 Å². The van der Waals surface area contributed by atoms with Crippen molar-refractivity contribution < 1.29 is 38.1 Å². The van der Waals surface area contributed by atoms with Crippen molar-refractivity contribution in [2.45, 2.75) is 24.9 Å². The maximum Gasteiger partial charge on any atom is 0.274 e. The number of allylic oxidation sites excluding steroid dienone is 1.